The SMILES string of the molecule is CCCC1(CCC)C(=O)OC(C2C(C)CCCC2C)OC1=O. The van der Waals surface area contributed by atoms with E-state index in [4.69, 9.17) is 9.47 Å². The first-order valence-corrected chi connectivity index (χ1v) is 8.88. The molecule has 0 N–H and O–H groups in total. The second-order valence-corrected chi connectivity index (χ2v) is 7.22. The quantitative estimate of drug-likeness (QED) is 0.567. The van der Waals surface area contributed by atoms with Gasteiger partial charge in [-0.05, 0) is 24.7 Å². The summed E-state index contributed by atoms with van der Waals surface area (Å²) >= 11 is 0. The Balaban J connectivity index is 2.18. The molecule has 1 heterocycles. The summed E-state index contributed by atoms with van der Waals surface area (Å²) in [5.74, 6) is 0.242. The molecule has 126 valence electrons. The number of cyclic esters (lactones) is 2. The lowest BCUT2D eigenvalue weighted by Crippen LogP contribution is -2.54. The molecule has 22 heavy (non-hydrogen) atoms. The normalized spacial score (nSPS) is 32.5. The van der Waals surface area contributed by atoms with Crippen LogP contribution in [0.2, 0.25) is 0 Å². The summed E-state index contributed by atoms with van der Waals surface area (Å²) < 4.78 is 11.4. The van der Waals surface area contributed by atoms with E-state index in [0.29, 0.717) is 24.7 Å². The van der Waals surface area contributed by atoms with Crippen molar-refractivity contribution in [3.8, 4) is 0 Å². The van der Waals surface area contributed by atoms with Gasteiger partial charge >= 0.3 is 11.9 Å². The minimum atomic E-state index is -1.07. The first-order valence-electron chi connectivity index (χ1n) is 8.88. The molecule has 4 nitrogen and oxygen atoms in total. The van der Waals surface area contributed by atoms with Crippen molar-refractivity contribution < 1.29 is 19.1 Å². The number of esters is 2. The van der Waals surface area contributed by atoms with Gasteiger partial charge in [0.05, 0.1) is 0 Å². The maximum Gasteiger partial charge on any atom is 0.326 e. The molecule has 2 rings (SSSR count). The van der Waals surface area contributed by atoms with Gasteiger partial charge in [-0.15, -0.1) is 0 Å². The monoisotopic (exact) mass is 310 g/mol. The topological polar surface area (TPSA) is 52.6 Å². The summed E-state index contributed by atoms with van der Waals surface area (Å²) in [7, 11) is 0. The number of carbonyl (C=O) groups is 2. The minimum absolute atomic E-state index is 0.128. The van der Waals surface area contributed by atoms with E-state index in [1.54, 1.807) is 0 Å². The van der Waals surface area contributed by atoms with E-state index < -0.39 is 11.7 Å². The van der Waals surface area contributed by atoms with Crippen molar-refractivity contribution in [2.24, 2.45) is 23.2 Å². The summed E-state index contributed by atoms with van der Waals surface area (Å²) in [5.41, 5.74) is -1.07. The molecule has 0 amide bonds. The molecular weight excluding hydrogens is 280 g/mol. The average molecular weight is 310 g/mol. The molecule has 1 saturated heterocycles. The van der Waals surface area contributed by atoms with E-state index in [1.807, 2.05) is 13.8 Å². The Morgan fingerprint density at radius 3 is 1.82 bits per heavy atom. The fourth-order valence-electron chi connectivity index (χ4n) is 4.33. The largest absolute Gasteiger partial charge is 0.424 e. The van der Waals surface area contributed by atoms with Crippen molar-refractivity contribution in [1.29, 1.82) is 0 Å². The highest BCUT2D eigenvalue weighted by molar-refractivity contribution is 6.01. The van der Waals surface area contributed by atoms with E-state index in [0.717, 1.165) is 25.7 Å². The third kappa shape index (κ3) is 3.02. The molecule has 1 aliphatic heterocycles. The number of carbonyl (C=O) groups excluding carboxylic acids is 2. The van der Waals surface area contributed by atoms with Crippen molar-refractivity contribution in [1.82, 2.24) is 0 Å². The predicted molar refractivity (Wildman–Crippen MR) is 83.9 cm³/mol. The van der Waals surface area contributed by atoms with E-state index in [-0.39, 0.29) is 17.9 Å². The van der Waals surface area contributed by atoms with Gasteiger partial charge in [0, 0.05) is 5.92 Å². The van der Waals surface area contributed by atoms with Crippen LogP contribution in [0.4, 0.5) is 0 Å². The molecule has 0 radical (unpaired) electrons. The van der Waals surface area contributed by atoms with Crippen molar-refractivity contribution in [2.45, 2.75) is 78.9 Å². The van der Waals surface area contributed by atoms with Gasteiger partial charge in [-0.25, -0.2) is 0 Å². The Hall–Kier alpha value is -1.06. The molecule has 1 saturated carbocycles. The van der Waals surface area contributed by atoms with Gasteiger partial charge in [0.25, 0.3) is 6.29 Å². The molecule has 0 bridgehead atoms. The van der Waals surface area contributed by atoms with Crippen LogP contribution in [0, 0.1) is 23.2 Å². The maximum absolute atomic E-state index is 12.6. The third-order valence-corrected chi connectivity index (χ3v) is 5.53. The Labute approximate surface area is 133 Å². The lowest BCUT2D eigenvalue weighted by molar-refractivity contribution is -0.242. The molecule has 0 aromatic carbocycles. The summed E-state index contributed by atoms with van der Waals surface area (Å²) in [6.45, 7) is 8.30. The van der Waals surface area contributed by atoms with Crippen LogP contribution in [0.15, 0.2) is 0 Å². The number of hydrogen-bond donors (Lipinski definition) is 0. The van der Waals surface area contributed by atoms with Crippen molar-refractivity contribution in [3.05, 3.63) is 0 Å². The number of rotatable bonds is 5. The summed E-state index contributed by atoms with van der Waals surface area (Å²) in [6, 6.07) is 0. The van der Waals surface area contributed by atoms with Crippen LogP contribution < -0.4 is 0 Å². The zero-order chi connectivity index (χ0) is 16.3. The lowest BCUT2D eigenvalue weighted by atomic mass is 9.72. The van der Waals surface area contributed by atoms with Crippen molar-refractivity contribution in [2.75, 3.05) is 0 Å². The summed E-state index contributed by atoms with van der Waals surface area (Å²) in [4.78, 5) is 25.3. The van der Waals surface area contributed by atoms with Crippen LogP contribution in [0.25, 0.3) is 0 Å². The van der Waals surface area contributed by atoms with Crippen LogP contribution in [-0.4, -0.2) is 18.2 Å². The standard InChI is InChI=1S/C18H30O4/c1-5-10-18(11-6-2)16(19)21-15(22-17(18)20)14-12(3)8-7-9-13(14)4/h12-15H,5-11H2,1-4H3. The van der Waals surface area contributed by atoms with Gasteiger partial charge in [-0.2, -0.15) is 0 Å². The van der Waals surface area contributed by atoms with Crippen LogP contribution in [0.3, 0.4) is 0 Å². The second kappa shape index (κ2) is 7.01. The summed E-state index contributed by atoms with van der Waals surface area (Å²) in [5, 5.41) is 0. The van der Waals surface area contributed by atoms with Crippen LogP contribution in [0.5, 0.6) is 0 Å². The lowest BCUT2D eigenvalue weighted by Gasteiger charge is -2.43. The van der Waals surface area contributed by atoms with Crippen molar-refractivity contribution in [3.63, 3.8) is 0 Å². The zero-order valence-electron chi connectivity index (χ0n) is 14.4. The molecule has 2 unspecified atom stereocenters. The van der Waals surface area contributed by atoms with Crippen molar-refractivity contribution >= 4 is 11.9 Å². The zero-order valence-corrected chi connectivity index (χ0v) is 14.4. The van der Waals surface area contributed by atoms with Crippen LogP contribution >= 0.6 is 0 Å². The third-order valence-electron chi connectivity index (χ3n) is 5.53. The second-order valence-electron chi connectivity index (χ2n) is 7.22. The first-order chi connectivity index (χ1) is 10.5. The molecule has 4 heteroatoms. The number of hydrogen-bond acceptors (Lipinski definition) is 4. The molecule has 0 aromatic rings. The fraction of sp³-hybridized carbons (Fsp3) is 0.889. The van der Waals surface area contributed by atoms with Gasteiger partial charge < -0.3 is 9.47 Å². The highest BCUT2D eigenvalue weighted by atomic mass is 16.7. The van der Waals surface area contributed by atoms with Gasteiger partial charge in [-0.3, -0.25) is 9.59 Å². The molecule has 2 atom stereocenters. The Morgan fingerprint density at radius 2 is 1.41 bits per heavy atom. The molecule has 0 spiro atoms. The maximum atomic E-state index is 12.6. The molecule has 0 aromatic heterocycles. The van der Waals surface area contributed by atoms with Crippen LogP contribution in [0.1, 0.15) is 72.6 Å². The van der Waals surface area contributed by atoms with Crippen LogP contribution in [-0.2, 0) is 19.1 Å². The van der Waals surface area contributed by atoms with E-state index >= 15 is 0 Å². The van der Waals surface area contributed by atoms with E-state index in [2.05, 4.69) is 13.8 Å². The molecule has 2 aliphatic rings. The molecular formula is C18H30O4. The van der Waals surface area contributed by atoms with Gasteiger partial charge in [0.2, 0.25) is 0 Å². The first kappa shape index (κ1) is 17.3. The highest BCUT2D eigenvalue weighted by Gasteiger charge is 2.54. The molecule has 2 fully saturated rings. The minimum Gasteiger partial charge on any atom is -0.424 e. The number of ether oxygens (including phenoxy) is 2. The Bertz CT molecular complexity index is 381. The average Bonchev–Trinajstić information content (AvgIpc) is 2.45. The predicted octanol–water partition coefficient (Wildman–Crippen LogP) is 4.07. The van der Waals surface area contributed by atoms with E-state index in [1.165, 1.54) is 6.42 Å². The van der Waals surface area contributed by atoms with Gasteiger partial charge in [0.1, 0.15) is 0 Å². The Kier molecular flexibility index (Phi) is 5.51. The highest BCUT2D eigenvalue weighted by Crippen LogP contribution is 2.43. The van der Waals surface area contributed by atoms with E-state index in [9.17, 15) is 9.59 Å². The summed E-state index contributed by atoms with van der Waals surface area (Å²) in [6.07, 6.45) is 5.29. The Morgan fingerprint density at radius 1 is 0.955 bits per heavy atom. The fourth-order valence-corrected chi connectivity index (χ4v) is 4.33. The van der Waals surface area contributed by atoms with Gasteiger partial charge in [-0.1, -0.05) is 59.8 Å². The smallest absolute Gasteiger partial charge is 0.326 e. The molecule has 1 aliphatic carbocycles. The van der Waals surface area contributed by atoms with Gasteiger partial charge in [0.15, 0.2) is 5.41 Å².